The molecule has 0 amide bonds. The highest BCUT2D eigenvalue weighted by molar-refractivity contribution is 5.87. The lowest BCUT2D eigenvalue weighted by Crippen LogP contribution is -2.33. The van der Waals surface area contributed by atoms with Crippen LogP contribution < -0.4 is 5.32 Å². The maximum Gasteiger partial charge on any atom is 0.330 e. The van der Waals surface area contributed by atoms with Crippen LogP contribution in [0.15, 0.2) is 0 Å². The van der Waals surface area contributed by atoms with E-state index in [0.29, 0.717) is 0 Å². The van der Waals surface area contributed by atoms with Gasteiger partial charge < -0.3 is 10.1 Å². The van der Waals surface area contributed by atoms with E-state index >= 15 is 0 Å². The Morgan fingerprint density at radius 3 is 2.73 bits per heavy atom. The first-order valence-electron chi connectivity index (χ1n) is 3.66. The van der Waals surface area contributed by atoms with E-state index in [1.165, 1.54) is 6.92 Å². The molecule has 0 saturated carbocycles. The van der Waals surface area contributed by atoms with Gasteiger partial charge in [0.2, 0.25) is 0 Å². The van der Waals surface area contributed by atoms with E-state index in [1.54, 1.807) is 0 Å². The minimum absolute atomic E-state index is 0.265. The standard InChI is InChI=1S/C7H11NO3/c1-5(9)11-7(10)6-3-2-4-8-6/h6,8H,2-4H2,1H3/t6-/m1/s1. The van der Waals surface area contributed by atoms with Crippen molar-refractivity contribution in [1.29, 1.82) is 0 Å². The molecule has 11 heavy (non-hydrogen) atoms. The molecule has 0 aromatic carbocycles. The molecule has 0 aromatic rings. The molecule has 0 bridgehead atoms. The van der Waals surface area contributed by atoms with Crippen LogP contribution in [0.1, 0.15) is 19.8 Å². The van der Waals surface area contributed by atoms with Crippen LogP contribution in [0.2, 0.25) is 0 Å². The minimum atomic E-state index is -0.538. The predicted octanol–water partition coefficient (Wildman–Crippen LogP) is -0.172. The number of esters is 2. The van der Waals surface area contributed by atoms with E-state index in [9.17, 15) is 9.59 Å². The Morgan fingerprint density at radius 1 is 1.55 bits per heavy atom. The van der Waals surface area contributed by atoms with E-state index in [2.05, 4.69) is 10.1 Å². The highest BCUT2D eigenvalue weighted by Crippen LogP contribution is 2.06. The summed E-state index contributed by atoms with van der Waals surface area (Å²) >= 11 is 0. The first-order chi connectivity index (χ1) is 5.20. The molecule has 0 spiro atoms. The third kappa shape index (κ3) is 2.31. The van der Waals surface area contributed by atoms with E-state index in [-0.39, 0.29) is 6.04 Å². The van der Waals surface area contributed by atoms with E-state index in [0.717, 1.165) is 19.4 Å². The Morgan fingerprint density at radius 2 is 2.27 bits per heavy atom. The van der Waals surface area contributed by atoms with Crippen molar-refractivity contribution in [2.75, 3.05) is 6.54 Å². The zero-order valence-corrected chi connectivity index (χ0v) is 6.42. The molecule has 1 rings (SSSR count). The summed E-state index contributed by atoms with van der Waals surface area (Å²) in [6, 6.07) is -0.265. The van der Waals surface area contributed by atoms with E-state index in [1.807, 2.05) is 0 Å². The zero-order valence-electron chi connectivity index (χ0n) is 6.42. The van der Waals surface area contributed by atoms with Gasteiger partial charge in [0.15, 0.2) is 0 Å². The highest BCUT2D eigenvalue weighted by atomic mass is 16.6. The SMILES string of the molecule is CC(=O)OC(=O)[C@H]1CCCN1. The quantitative estimate of drug-likeness (QED) is 0.424. The smallest absolute Gasteiger partial charge is 0.330 e. The molecule has 0 aromatic heterocycles. The van der Waals surface area contributed by atoms with Gasteiger partial charge in [-0.2, -0.15) is 0 Å². The zero-order chi connectivity index (χ0) is 8.27. The Bertz CT molecular complexity index is 173. The van der Waals surface area contributed by atoms with Crippen molar-refractivity contribution in [1.82, 2.24) is 5.32 Å². The second-order valence-electron chi connectivity index (χ2n) is 2.56. The fraction of sp³-hybridized carbons (Fsp3) is 0.714. The van der Waals surface area contributed by atoms with Gasteiger partial charge in [-0.3, -0.25) is 4.79 Å². The topological polar surface area (TPSA) is 55.4 Å². The van der Waals surface area contributed by atoms with Crippen LogP contribution >= 0.6 is 0 Å². The van der Waals surface area contributed by atoms with Gasteiger partial charge in [-0.05, 0) is 19.4 Å². The Kier molecular flexibility index (Phi) is 2.59. The van der Waals surface area contributed by atoms with Gasteiger partial charge in [0.25, 0.3) is 0 Å². The lowest BCUT2D eigenvalue weighted by Gasteiger charge is -2.06. The second kappa shape index (κ2) is 3.48. The number of rotatable bonds is 1. The predicted molar refractivity (Wildman–Crippen MR) is 37.8 cm³/mol. The normalized spacial score (nSPS) is 23.2. The summed E-state index contributed by atoms with van der Waals surface area (Å²) in [5, 5.41) is 2.93. The maximum atomic E-state index is 11.0. The molecular formula is C7H11NO3. The highest BCUT2D eigenvalue weighted by Gasteiger charge is 2.24. The van der Waals surface area contributed by atoms with Crippen molar-refractivity contribution in [3.05, 3.63) is 0 Å². The molecule has 4 heteroatoms. The molecule has 0 aliphatic carbocycles. The molecule has 1 aliphatic rings. The number of carbonyl (C=O) groups excluding carboxylic acids is 2. The van der Waals surface area contributed by atoms with Gasteiger partial charge >= 0.3 is 11.9 Å². The molecule has 1 N–H and O–H groups in total. The lowest BCUT2D eigenvalue weighted by molar-refractivity contribution is -0.159. The first-order valence-corrected chi connectivity index (χ1v) is 3.66. The molecule has 1 aliphatic heterocycles. The molecule has 1 fully saturated rings. The van der Waals surface area contributed by atoms with Gasteiger partial charge in [0, 0.05) is 6.92 Å². The summed E-state index contributed by atoms with van der Waals surface area (Å²) in [5.74, 6) is -0.987. The number of hydrogen-bond acceptors (Lipinski definition) is 4. The molecule has 1 atom stereocenters. The van der Waals surface area contributed by atoms with Crippen LogP contribution in [0, 0.1) is 0 Å². The molecule has 1 heterocycles. The molecule has 62 valence electrons. The first kappa shape index (κ1) is 8.20. The van der Waals surface area contributed by atoms with E-state index < -0.39 is 11.9 Å². The Balaban J connectivity index is 2.34. The number of ether oxygens (including phenoxy) is 1. The van der Waals surface area contributed by atoms with Crippen LogP contribution in [-0.2, 0) is 14.3 Å². The van der Waals surface area contributed by atoms with Crippen LogP contribution in [-0.4, -0.2) is 24.5 Å². The third-order valence-electron chi connectivity index (χ3n) is 1.59. The lowest BCUT2D eigenvalue weighted by atomic mass is 10.2. The van der Waals surface area contributed by atoms with Crippen LogP contribution in [0.25, 0.3) is 0 Å². The van der Waals surface area contributed by atoms with Crippen LogP contribution in [0.4, 0.5) is 0 Å². The summed E-state index contributed by atoms with van der Waals surface area (Å²) in [7, 11) is 0. The van der Waals surface area contributed by atoms with Crippen molar-refractivity contribution < 1.29 is 14.3 Å². The Labute approximate surface area is 64.9 Å². The molecule has 0 unspecified atom stereocenters. The summed E-state index contributed by atoms with van der Waals surface area (Å²) in [5.41, 5.74) is 0. The van der Waals surface area contributed by atoms with Crippen molar-refractivity contribution in [3.63, 3.8) is 0 Å². The minimum Gasteiger partial charge on any atom is -0.392 e. The average molecular weight is 157 g/mol. The van der Waals surface area contributed by atoms with Crippen molar-refractivity contribution in [3.8, 4) is 0 Å². The third-order valence-corrected chi connectivity index (χ3v) is 1.59. The van der Waals surface area contributed by atoms with Gasteiger partial charge in [0.05, 0.1) is 0 Å². The largest absolute Gasteiger partial charge is 0.392 e. The van der Waals surface area contributed by atoms with Gasteiger partial charge in [-0.1, -0.05) is 0 Å². The number of hydrogen-bond donors (Lipinski definition) is 1. The Hall–Kier alpha value is -0.900. The monoisotopic (exact) mass is 157 g/mol. The summed E-state index contributed by atoms with van der Waals surface area (Å²) in [6.07, 6.45) is 1.74. The van der Waals surface area contributed by atoms with Crippen molar-refractivity contribution >= 4 is 11.9 Å². The summed E-state index contributed by atoms with van der Waals surface area (Å²) in [6.45, 7) is 2.06. The van der Waals surface area contributed by atoms with Crippen molar-refractivity contribution in [2.24, 2.45) is 0 Å². The van der Waals surface area contributed by atoms with Crippen LogP contribution in [0.3, 0.4) is 0 Å². The van der Waals surface area contributed by atoms with E-state index in [4.69, 9.17) is 0 Å². The van der Waals surface area contributed by atoms with Crippen molar-refractivity contribution in [2.45, 2.75) is 25.8 Å². The molecular weight excluding hydrogens is 146 g/mol. The fourth-order valence-electron chi connectivity index (χ4n) is 1.10. The summed E-state index contributed by atoms with van der Waals surface area (Å²) in [4.78, 5) is 21.3. The van der Waals surface area contributed by atoms with Gasteiger partial charge in [-0.15, -0.1) is 0 Å². The molecule has 1 saturated heterocycles. The van der Waals surface area contributed by atoms with Gasteiger partial charge in [-0.25, -0.2) is 4.79 Å². The molecule has 4 nitrogen and oxygen atoms in total. The number of carbonyl (C=O) groups is 2. The molecule has 0 radical (unpaired) electrons. The second-order valence-corrected chi connectivity index (χ2v) is 2.56. The average Bonchev–Trinajstić information content (AvgIpc) is 2.35. The fourth-order valence-corrected chi connectivity index (χ4v) is 1.10. The van der Waals surface area contributed by atoms with Gasteiger partial charge in [0.1, 0.15) is 6.04 Å². The maximum absolute atomic E-state index is 11.0. The van der Waals surface area contributed by atoms with Crippen LogP contribution in [0.5, 0.6) is 0 Å². The number of nitrogens with one attached hydrogen (secondary N) is 1. The summed E-state index contributed by atoms with van der Waals surface area (Å²) < 4.78 is 4.39.